The van der Waals surface area contributed by atoms with Gasteiger partial charge in [-0.05, 0) is 18.4 Å². The van der Waals surface area contributed by atoms with Crippen LogP contribution in [0, 0.1) is 0 Å². The summed E-state index contributed by atoms with van der Waals surface area (Å²) in [6.07, 6.45) is 0. The molecule has 0 unspecified atom stereocenters. The van der Waals surface area contributed by atoms with E-state index in [4.69, 9.17) is 5.14 Å². The number of thiophene rings is 1. The summed E-state index contributed by atoms with van der Waals surface area (Å²) < 4.78 is 21.6. The minimum absolute atomic E-state index is 0. The van der Waals surface area contributed by atoms with E-state index in [2.05, 4.69) is 15.6 Å². The Labute approximate surface area is 135 Å². The predicted molar refractivity (Wildman–Crippen MR) is 90.5 cm³/mol. The summed E-state index contributed by atoms with van der Waals surface area (Å²) >= 11 is 1.63. The molecule has 0 aliphatic rings. The summed E-state index contributed by atoms with van der Waals surface area (Å²) in [4.78, 5) is 5.50. The molecule has 0 saturated carbocycles. The zero-order valence-corrected chi connectivity index (χ0v) is 14.6. The zero-order chi connectivity index (χ0) is 13.4. The van der Waals surface area contributed by atoms with Crippen molar-refractivity contribution in [1.82, 2.24) is 10.6 Å². The molecule has 1 heterocycles. The minimum Gasteiger partial charge on any atom is -0.357 e. The van der Waals surface area contributed by atoms with Crippen LogP contribution in [0.15, 0.2) is 22.5 Å². The van der Waals surface area contributed by atoms with Crippen molar-refractivity contribution < 1.29 is 8.42 Å². The lowest BCUT2D eigenvalue weighted by Gasteiger charge is -2.10. The molecule has 0 atom stereocenters. The second kappa shape index (κ2) is 9.50. The van der Waals surface area contributed by atoms with Gasteiger partial charge in [-0.1, -0.05) is 6.07 Å². The van der Waals surface area contributed by atoms with Gasteiger partial charge in [0.2, 0.25) is 10.0 Å². The van der Waals surface area contributed by atoms with Gasteiger partial charge in [0.05, 0.1) is 12.3 Å². The number of nitrogens with one attached hydrogen (secondary N) is 2. The SMILES string of the molecule is CCNC(=NCc1cccs1)NCCS(N)(=O)=O.I. The number of rotatable bonds is 6. The molecule has 0 saturated heterocycles. The molecule has 4 N–H and O–H groups in total. The van der Waals surface area contributed by atoms with Crippen LogP contribution in [0.1, 0.15) is 11.8 Å². The average molecular weight is 418 g/mol. The van der Waals surface area contributed by atoms with Gasteiger partial charge in [0.25, 0.3) is 0 Å². The number of guanidine groups is 1. The molecule has 1 aromatic heterocycles. The molecular formula is C10H19IN4O2S2. The van der Waals surface area contributed by atoms with Crippen LogP contribution < -0.4 is 15.8 Å². The van der Waals surface area contributed by atoms with Crippen molar-refractivity contribution in [3.8, 4) is 0 Å². The molecule has 0 aliphatic carbocycles. The van der Waals surface area contributed by atoms with E-state index in [0.29, 0.717) is 19.0 Å². The van der Waals surface area contributed by atoms with Crippen LogP contribution in [-0.4, -0.2) is 33.2 Å². The van der Waals surface area contributed by atoms with Crippen LogP contribution in [0.5, 0.6) is 0 Å². The number of halogens is 1. The van der Waals surface area contributed by atoms with Gasteiger partial charge >= 0.3 is 0 Å². The van der Waals surface area contributed by atoms with Crippen molar-refractivity contribution in [2.24, 2.45) is 10.1 Å². The highest BCUT2D eigenvalue weighted by Crippen LogP contribution is 2.09. The Kier molecular flexibility index (Phi) is 9.31. The lowest BCUT2D eigenvalue weighted by atomic mass is 10.5. The van der Waals surface area contributed by atoms with Crippen LogP contribution in [0.3, 0.4) is 0 Å². The minimum atomic E-state index is -3.44. The third-order valence-electron chi connectivity index (χ3n) is 2.00. The first-order chi connectivity index (χ1) is 8.51. The second-order valence-corrected chi connectivity index (χ2v) is 6.33. The van der Waals surface area contributed by atoms with Crippen LogP contribution in [0.4, 0.5) is 0 Å². The smallest absolute Gasteiger partial charge is 0.210 e. The number of nitrogens with two attached hydrogens (primary N) is 1. The maximum atomic E-state index is 10.8. The maximum absolute atomic E-state index is 10.8. The van der Waals surface area contributed by atoms with Gasteiger partial charge in [-0.15, -0.1) is 35.3 Å². The van der Waals surface area contributed by atoms with Crippen molar-refractivity contribution in [1.29, 1.82) is 0 Å². The molecule has 0 aromatic carbocycles. The fourth-order valence-electron chi connectivity index (χ4n) is 1.21. The molecule has 19 heavy (non-hydrogen) atoms. The topological polar surface area (TPSA) is 96.6 Å². The molecule has 0 fully saturated rings. The molecule has 0 aliphatic heterocycles. The van der Waals surface area contributed by atoms with Crippen molar-refractivity contribution in [3.05, 3.63) is 22.4 Å². The maximum Gasteiger partial charge on any atom is 0.210 e. The van der Waals surface area contributed by atoms with Crippen LogP contribution in [0.2, 0.25) is 0 Å². The van der Waals surface area contributed by atoms with E-state index in [1.54, 1.807) is 11.3 Å². The zero-order valence-electron chi connectivity index (χ0n) is 10.6. The van der Waals surface area contributed by atoms with E-state index >= 15 is 0 Å². The normalized spacial score (nSPS) is 11.8. The second-order valence-electron chi connectivity index (χ2n) is 3.57. The van der Waals surface area contributed by atoms with Gasteiger partial charge in [-0.25, -0.2) is 18.5 Å². The quantitative estimate of drug-likeness (QED) is 0.360. The third kappa shape index (κ3) is 9.19. The van der Waals surface area contributed by atoms with Crippen LogP contribution in [-0.2, 0) is 16.6 Å². The van der Waals surface area contributed by atoms with Crippen molar-refractivity contribution in [3.63, 3.8) is 0 Å². The first-order valence-electron chi connectivity index (χ1n) is 5.56. The summed E-state index contributed by atoms with van der Waals surface area (Å²) in [5, 5.41) is 12.9. The number of hydrogen-bond donors (Lipinski definition) is 3. The highest BCUT2D eigenvalue weighted by molar-refractivity contribution is 14.0. The molecule has 1 aromatic rings. The van der Waals surface area contributed by atoms with E-state index in [0.717, 1.165) is 4.88 Å². The number of aliphatic imine (C=N–C) groups is 1. The Morgan fingerprint density at radius 2 is 2.21 bits per heavy atom. The predicted octanol–water partition coefficient (Wildman–Crippen LogP) is 0.710. The fraction of sp³-hybridized carbons (Fsp3) is 0.500. The van der Waals surface area contributed by atoms with Crippen molar-refractivity contribution in [2.75, 3.05) is 18.8 Å². The number of nitrogens with zero attached hydrogens (tertiary/aromatic N) is 1. The van der Waals surface area contributed by atoms with E-state index < -0.39 is 10.0 Å². The standard InChI is InChI=1S/C10H18N4O2S2.HI/c1-2-12-10(13-5-7-18(11,15)16)14-8-9-4-3-6-17-9;/h3-4,6H,2,5,7-8H2,1H3,(H2,11,15,16)(H2,12,13,14);1H. The van der Waals surface area contributed by atoms with E-state index in [1.165, 1.54) is 0 Å². The average Bonchev–Trinajstić information content (AvgIpc) is 2.77. The lowest BCUT2D eigenvalue weighted by molar-refractivity contribution is 0.596. The summed E-state index contributed by atoms with van der Waals surface area (Å²) in [6, 6.07) is 3.97. The Bertz CT molecular complexity index is 474. The Morgan fingerprint density at radius 1 is 1.47 bits per heavy atom. The number of primary sulfonamides is 1. The summed E-state index contributed by atoms with van der Waals surface area (Å²) in [5.74, 6) is 0.478. The Balaban J connectivity index is 0.00000324. The summed E-state index contributed by atoms with van der Waals surface area (Å²) in [5.41, 5.74) is 0. The monoisotopic (exact) mass is 418 g/mol. The summed E-state index contributed by atoms with van der Waals surface area (Å²) in [6.45, 7) is 3.48. The number of sulfonamides is 1. The van der Waals surface area contributed by atoms with Crippen LogP contribution in [0.25, 0.3) is 0 Å². The van der Waals surface area contributed by atoms with Gasteiger partial charge in [-0.2, -0.15) is 0 Å². The van der Waals surface area contributed by atoms with E-state index in [9.17, 15) is 8.42 Å². The fourth-order valence-corrected chi connectivity index (χ4v) is 2.23. The summed E-state index contributed by atoms with van der Waals surface area (Å²) in [7, 11) is -3.44. The molecule has 1 rings (SSSR count). The third-order valence-corrected chi connectivity index (χ3v) is 3.63. The van der Waals surface area contributed by atoms with Gasteiger partial charge in [0, 0.05) is 18.0 Å². The molecule has 0 spiro atoms. The largest absolute Gasteiger partial charge is 0.357 e. The molecule has 0 radical (unpaired) electrons. The van der Waals surface area contributed by atoms with Gasteiger partial charge in [0.15, 0.2) is 5.96 Å². The molecule has 9 heteroatoms. The highest BCUT2D eigenvalue weighted by atomic mass is 127. The van der Waals surface area contributed by atoms with Gasteiger partial charge in [0.1, 0.15) is 0 Å². The lowest BCUT2D eigenvalue weighted by Crippen LogP contribution is -2.40. The van der Waals surface area contributed by atoms with Crippen molar-refractivity contribution in [2.45, 2.75) is 13.5 Å². The van der Waals surface area contributed by atoms with Gasteiger partial charge in [-0.3, -0.25) is 0 Å². The Morgan fingerprint density at radius 3 is 2.74 bits per heavy atom. The van der Waals surface area contributed by atoms with E-state index in [-0.39, 0.29) is 36.3 Å². The molecule has 0 amide bonds. The molecule has 110 valence electrons. The first-order valence-corrected chi connectivity index (χ1v) is 8.16. The Hall–Kier alpha value is -0.390. The number of hydrogen-bond acceptors (Lipinski definition) is 4. The van der Waals surface area contributed by atoms with E-state index in [1.807, 2.05) is 24.4 Å². The molecular weight excluding hydrogens is 399 g/mol. The highest BCUT2D eigenvalue weighted by Gasteiger charge is 2.03. The van der Waals surface area contributed by atoms with Crippen molar-refractivity contribution >= 4 is 51.3 Å². The molecule has 0 bridgehead atoms. The van der Waals surface area contributed by atoms with Crippen LogP contribution >= 0.6 is 35.3 Å². The first kappa shape index (κ1) is 18.6. The molecule has 6 nitrogen and oxygen atoms in total. The van der Waals surface area contributed by atoms with Gasteiger partial charge < -0.3 is 10.6 Å².